The molecule has 96 valence electrons. The van der Waals surface area contributed by atoms with Crippen LogP contribution in [0.3, 0.4) is 0 Å². The summed E-state index contributed by atoms with van der Waals surface area (Å²) in [6, 6.07) is 0. The Morgan fingerprint density at radius 3 is 2.31 bits per heavy atom. The standard InChI is InChI=1S/C10H18F2O3S/c1-16(14,15)7-4-9(13)8-2-5-10(11,12)6-3-8/h8-9,13H,2-7H2,1H3. The predicted octanol–water partition coefficient (Wildman–Crippen LogP) is 1.61. The van der Waals surface area contributed by atoms with Gasteiger partial charge in [-0.3, -0.25) is 0 Å². The molecule has 0 aromatic heterocycles. The van der Waals surface area contributed by atoms with Gasteiger partial charge in [-0.15, -0.1) is 0 Å². The quantitative estimate of drug-likeness (QED) is 0.831. The molecular formula is C10H18F2O3S. The van der Waals surface area contributed by atoms with Crippen molar-refractivity contribution < 1.29 is 22.3 Å². The van der Waals surface area contributed by atoms with Gasteiger partial charge >= 0.3 is 0 Å². The zero-order valence-corrected chi connectivity index (χ0v) is 10.1. The normalized spacial score (nSPS) is 24.2. The highest BCUT2D eigenvalue weighted by atomic mass is 32.2. The molecule has 1 rings (SSSR count). The van der Waals surface area contributed by atoms with E-state index in [1.807, 2.05) is 0 Å². The number of sulfone groups is 1. The van der Waals surface area contributed by atoms with Gasteiger partial charge < -0.3 is 5.11 Å². The molecule has 0 amide bonds. The Kier molecular flexibility index (Phi) is 4.29. The van der Waals surface area contributed by atoms with Gasteiger partial charge in [0, 0.05) is 19.1 Å². The van der Waals surface area contributed by atoms with Crippen molar-refractivity contribution in [3.63, 3.8) is 0 Å². The van der Waals surface area contributed by atoms with Crippen LogP contribution in [0.1, 0.15) is 32.1 Å². The second-order valence-electron chi connectivity index (χ2n) is 4.68. The molecule has 16 heavy (non-hydrogen) atoms. The van der Waals surface area contributed by atoms with E-state index in [2.05, 4.69) is 0 Å². The lowest BCUT2D eigenvalue weighted by Gasteiger charge is -2.31. The van der Waals surface area contributed by atoms with Crippen molar-refractivity contribution in [2.24, 2.45) is 5.92 Å². The first-order valence-corrected chi connectivity index (χ1v) is 7.49. The maximum Gasteiger partial charge on any atom is 0.248 e. The number of alkyl halides is 2. The molecule has 0 aromatic rings. The molecule has 0 radical (unpaired) electrons. The largest absolute Gasteiger partial charge is 0.393 e. The zero-order chi connectivity index (χ0) is 12.4. The van der Waals surface area contributed by atoms with Gasteiger partial charge in [-0.25, -0.2) is 17.2 Å². The molecule has 0 aromatic carbocycles. The van der Waals surface area contributed by atoms with E-state index in [0.29, 0.717) is 0 Å². The molecule has 1 aliphatic carbocycles. The lowest BCUT2D eigenvalue weighted by Crippen LogP contribution is -2.32. The maximum absolute atomic E-state index is 12.8. The van der Waals surface area contributed by atoms with Crippen molar-refractivity contribution in [1.29, 1.82) is 0 Å². The summed E-state index contributed by atoms with van der Waals surface area (Å²) in [7, 11) is -3.09. The van der Waals surface area contributed by atoms with Crippen LogP contribution in [0.5, 0.6) is 0 Å². The highest BCUT2D eigenvalue weighted by Gasteiger charge is 2.37. The van der Waals surface area contributed by atoms with E-state index in [1.165, 1.54) is 0 Å². The molecule has 1 fully saturated rings. The minimum atomic E-state index is -3.09. The molecule has 1 aliphatic rings. The number of aliphatic hydroxyl groups excluding tert-OH is 1. The Morgan fingerprint density at radius 1 is 1.38 bits per heavy atom. The first-order valence-electron chi connectivity index (χ1n) is 5.43. The van der Waals surface area contributed by atoms with Crippen LogP contribution >= 0.6 is 0 Å². The molecule has 6 heteroatoms. The third-order valence-electron chi connectivity index (χ3n) is 3.09. The smallest absolute Gasteiger partial charge is 0.248 e. The number of halogens is 2. The minimum Gasteiger partial charge on any atom is -0.393 e. The minimum absolute atomic E-state index is 0.0823. The molecular weight excluding hydrogens is 238 g/mol. The Morgan fingerprint density at radius 2 is 1.88 bits per heavy atom. The molecule has 0 aliphatic heterocycles. The summed E-state index contributed by atoms with van der Waals surface area (Å²) in [6.45, 7) is 0. The van der Waals surface area contributed by atoms with Crippen molar-refractivity contribution in [3.05, 3.63) is 0 Å². The van der Waals surface area contributed by atoms with Gasteiger partial charge in [-0.2, -0.15) is 0 Å². The Hall–Kier alpha value is -0.230. The van der Waals surface area contributed by atoms with E-state index in [-0.39, 0.29) is 43.8 Å². The van der Waals surface area contributed by atoms with Gasteiger partial charge in [-0.1, -0.05) is 0 Å². The van der Waals surface area contributed by atoms with Gasteiger partial charge in [0.2, 0.25) is 5.92 Å². The van der Waals surface area contributed by atoms with Crippen LogP contribution in [0.4, 0.5) is 8.78 Å². The van der Waals surface area contributed by atoms with Crippen molar-refractivity contribution in [3.8, 4) is 0 Å². The van der Waals surface area contributed by atoms with E-state index >= 15 is 0 Å². The van der Waals surface area contributed by atoms with Crippen LogP contribution in [0.2, 0.25) is 0 Å². The molecule has 1 unspecified atom stereocenters. The van der Waals surface area contributed by atoms with E-state index in [4.69, 9.17) is 0 Å². The summed E-state index contributed by atoms with van der Waals surface area (Å²) in [5, 5.41) is 9.70. The molecule has 0 heterocycles. The Bertz CT molecular complexity index is 317. The lowest BCUT2D eigenvalue weighted by molar-refractivity contribution is -0.0623. The fourth-order valence-corrected chi connectivity index (χ4v) is 2.69. The first-order chi connectivity index (χ1) is 7.20. The number of aliphatic hydroxyl groups is 1. The van der Waals surface area contributed by atoms with Crippen LogP contribution in [0, 0.1) is 5.92 Å². The first kappa shape index (κ1) is 13.8. The molecule has 0 bridgehead atoms. The molecule has 3 nitrogen and oxygen atoms in total. The zero-order valence-electron chi connectivity index (χ0n) is 9.33. The van der Waals surface area contributed by atoms with Crippen LogP contribution in [-0.4, -0.2) is 37.6 Å². The average molecular weight is 256 g/mol. The van der Waals surface area contributed by atoms with Gasteiger partial charge in [0.1, 0.15) is 9.84 Å². The van der Waals surface area contributed by atoms with Crippen molar-refractivity contribution in [2.75, 3.05) is 12.0 Å². The molecule has 1 N–H and O–H groups in total. The van der Waals surface area contributed by atoms with Gasteiger partial charge in [-0.05, 0) is 25.2 Å². The highest BCUT2D eigenvalue weighted by Crippen LogP contribution is 2.37. The third-order valence-corrected chi connectivity index (χ3v) is 4.07. The lowest BCUT2D eigenvalue weighted by atomic mass is 9.82. The maximum atomic E-state index is 12.8. The van der Waals surface area contributed by atoms with Crippen LogP contribution in [0.25, 0.3) is 0 Å². The van der Waals surface area contributed by atoms with E-state index in [9.17, 15) is 22.3 Å². The van der Waals surface area contributed by atoms with Crippen molar-refractivity contribution in [2.45, 2.75) is 44.1 Å². The van der Waals surface area contributed by atoms with Gasteiger partial charge in [0.05, 0.1) is 11.9 Å². The Labute approximate surface area is 94.8 Å². The van der Waals surface area contributed by atoms with Gasteiger partial charge in [0.15, 0.2) is 0 Å². The topological polar surface area (TPSA) is 54.4 Å². The van der Waals surface area contributed by atoms with Crippen molar-refractivity contribution >= 4 is 9.84 Å². The molecule has 1 atom stereocenters. The van der Waals surface area contributed by atoms with Crippen molar-refractivity contribution in [1.82, 2.24) is 0 Å². The highest BCUT2D eigenvalue weighted by molar-refractivity contribution is 7.90. The summed E-state index contributed by atoms with van der Waals surface area (Å²) < 4.78 is 47.5. The van der Waals surface area contributed by atoms with Crippen LogP contribution in [0.15, 0.2) is 0 Å². The predicted molar refractivity (Wildman–Crippen MR) is 57.2 cm³/mol. The summed E-state index contributed by atoms with van der Waals surface area (Å²) in [6.07, 6.45) is 0.631. The van der Waals surface area contributed by atoms with E-state index in [0.717, 1.165) is 6.26 Å². The fraction of sp³-hybridized carbons (Fsp3) is 1.00. The number of hydrogen-bond donors (Lipinski definition) is 1. The summed E-state index contributed by atoms with van der Waals surface area (Å²) in [5.74, 6) is -2.87. The average Bonchev–Trinajstić information content (AvgIpc) is 2.13. The van der Waals surface area contributed by atoms with Gasteiger partial charge in [0.25, 0.3) is 0 Å². The summed E-state index contributed by atoms with van der Waals surface area (Å²) >= 11 is 0. The van der Waals surface area contributed by atoms with E-state index < -0.39 is 21.9 Å². The second kappa shape index (κ2) is 4.96. The fourth-order valence-electron chi connectivity index (χ4n) is 2.02. The Balaban J connectivity index is 2.36. The van der Waals surface area contributed by atoms with Crippen LogP contribution < -0.4 is 0 Å². The van der Waals surface area contributed by atoms with Crippen LogP contribution in [-0.2, 0) is 9.84 Å². The van der Waals surface area contributed by atoms with E-state index in [1.54, 1.807) is 0 Å². The second-order valence-corrected chi connectivity index (χ2v) is 6.94. The molecule has 1 saturated carbocycles. The number of rotatable bonds is 4. The number of hydrogen-bond acceptors (Lipinski definition) is 3. The monoisotopic (exact) mass is 256 g/mol. The third kappa shape index (κ3) is 4.74. The molecule has 0 saturated heterocycles. The molecule has 0 spiro atoms. The SMILES string of the molecule is CS(=O)(=O)CCC(O)C1CCC(F)(F)CC1. The summed E-state index contributed by atoms with van der Waals surface area (Å²) in [4.78, 5) is 0. The summed E-state index contributed by atoms with van der Waals surface area (Å²) in [5.41, 5.74) is 0.